The van der Waals surface area contributed by atoms with Crippen LogP contribution in [0, 0.1) is 11.3 Å². The van der Waals surface area contributed by atoms with Crippen LogP contribution in [0.3, 0.4) is 0 Å². The Morgan fingerprint density at radius 1 is 1.00 bits per heavy atom. The van der Waals surface area contributed by atoms with Gasteiger partial charge in [-0.3, -0.25) is 20.3 Å². The highest BCUT2D eigenvalue weighted by Crippen LogP contribution is 2.31. The number of aromatic nitrogens is 2. The molecule has 0 bridgehead atoms. The van der Waals surface area contributed by atoms with Crippen molar-refractivity contribution >= 4 is 28.3 Å². The van der Waals surface area contributed by atoms with Crippen LogP contribution in [0.25, 0.3) is 10.8 Å². The van der Waals surface area contributed by atoms with Crippen molar-refractivity contribution in [1.82, 2.24) is 20.0 Å². The lowest BCUT2D eigenvalue weighted by Crippen LogP contribution is -2.62. The summed E-state index contributed by atoms with van der Waals surface area (Å²) < 4.78 is 0. The molecule has 0 spiro atoms. The minimum Gasteiger partial charge on any atom is -0.304 e. The van der Waals surface area contributed by atoms with Crippen LogP contribution in [0.1, 0.15) is 12.5 Å². The lowest BCUT2D eigenvalue weighted by Gasteiger charge is -2.48. The van der Waals surface area contributed by atoms with Crippen LogP contribution in [-0.2, 0) is 0 Å². The quantitative estimate of drug-likeness (QED) is 0.708. The number of H-pyrrole nitrogens is 1. The average Bonchev–Trinajstić information content (AvgIpc) is 3.30. The zero-order valence-electron chi connectivity index (χ0n) is 17.4. The molecule has 2 atom stereocenters. The Hall–Kier alpha value is -3.03. The van der Waals surface area contributed by atoms with Gasteiger partial charge in [-0.05, 0) is 23.9 Å². The molecule has 1 saturated heterocycles. The van der Waals surface area contributed by atoms with E-state index in [1.165, 1.54) is 10.8 Å². The van der Waals surface area contributed by atoms with Crippen molar-refractivity contribution in [2.24, 2.45) is 10.9 Å². The monoisotopic (exact) mass is 401 g/mol. The van der Waals surface area contributed by atoms with Gasteiger partial charge < -0.3 is 4.90 Å². The molecule has 154 valence electrons. The third-order valence-corrected chi connectivity index (χ3v) is 6.26. The van der Waals surface area contributed by atoms with Gasteiger partial charge in [0.05, 0.1) is 18.3 Å². The molecule has 3 heterocycles. The first kappa shape index (κ1) is 19.0. The van der Waals surface area contributed by atoms with Crippen molar-refractivity contribution in [3.05, 3.63) is 60.3 Å². The zero-order chi connectivity index (χ0) is 20.7. The highest BCUT2D eigenvalue weighted by atomic mass is 15.4. The van der Waals surface area contributed by atoms with E-state index in [-0.39, 0.29) is 12.1 Å². The third kappa shape index (κ3) is 3.30. The van der Waals surface area contributed by atoms with Gasteiger partial charge in [0.15, 0.2) is 0 Å². The van der Waals surface area contributed by atoms with Gasteiger partial charge in [-0.1, -0.05) is 43.3 Å². The zero-order valence-corrected chi connectivity index (χ0v) is 17.4. The summed E-state index contributed by atoms with van der Waals surface area (Å²) in [6.45, 7) is 6.09. The van der Waals surface area contributed by atoms with Crippen molar-refractivity contribution in [3.63, 3.8) is 0 Å². The van der Waals surface area contributed by atoms with Crippen molar-refractivity contribution in [3.8, 4) is 0 Å². The molecule has 2 N–H and O–H groups in total. The summed E-state index contributed by atoms with van der Waals surface area (Å²) in [5, 5.41) is 18.4. The number of hydrogen-bond acceptors (Lipinski definition) is 5. The fraction of sp³-hybridized carbons (Fsp3) is 0.348. The maximum Gasteiger partial charge on any atom is 0.144 e. The number of likely N-dealkylation sites (N-methyl/N-ethyl adjacent to an activating group) is 1. The average molecular weight is 402 g/mol. The first-order valence-corrected chi connectivity index (χ1v) is 10.5. The Morgan fingerprint density at radius 3 is 2.50 bits per heavy atom. The van der Waals surface area contributed by atoms with E-state index in [1.54, 1.807) is 6.20 Å². The Bertz CT molecular complexity index is 1080. The highest BCUT2D eigenvalue weighted by molar-refractivity contribution is 6.17. The number of aliphatic imine (C=N–C) groups is 1. The molecule has 0 aliphatic carbocycles. The van der Waals surface area contributed by atoms with Crippen LogP contribution in [0.5, 0.6) is 0 Å². The molecule has 0 amide bonds. The number of benzene rings is 2. The fourth-order valence-corrected chi connectivity index (χ4v) is 4.50. The number of nitrogens with zero attached hydrogens (tertiary/aromatic N) is 5. The maximum absolute atomic E-state index is 8.66. The first-order chi connectivity index (χ1) is 14.6. The minimum absolute atomic E-state index is 0.0130. The molecule has 5 rings (SSSR count). The summed E-state index contributed by atoms with van der Waals surface area (Å²) in [7, 11) is 2.16. The van der Waals surface area contributed by atoms with Gasteiger partial charge in [-0.15, -0.1) is 0 Å². The molecule has 2 aliphatic rings. The van der Waals surface area contributed by atoms with Gasteiger partial charge in [0.1, 0.15) is 17.5 Å². The number of aromatic amines is 1. The van der Waals surface area contributed by atoms with E-state index in [9.17, 15) is 0 Å². The predicted molar refractivity (Wildman–Crippen MR) is 121 cm³/mol. The van der Waals surface area contributed by atoms with Crippen LogP contribution < -0.4 is 4.90 Å². The SMILES string of the molecule is CC1C(=N)N=C(c2ccc3ccccc3c2)N(c2ccn[nH]2)C1N1CCN(C)CC1. The molecular weight excluding hydrogens is 374 g/mol. The molecule has 7 nitrogen and oxygen atoms in total. The second-order valence-electron chi connectivity index (χ2n) is 8.24. The second-order valence-corrected chi connectivity index (χ2v) is 8.24. The number of anilines is 1. The second kappa shape index (κ2) is 7.66. The van der Waals surface area contributed by atoms with E-state index in [1.807, 2.05) is 6.07 Å². The maximum atomic E-state index is 8.66. The van der Waals surface area contributed by atoms with Crippen molar-refractivity contribution in [1.29, 1.82) is 5.41 Å². The van der Waals surface area contributed by atoms with Crippen LogP contribution in [0.4, 0.5) is 5.82 Å². The van der Waals surface area contributed by atoms with Crippen molar-refractivity contribution in [2.75, 3.05) is 38.1 Å². The molecule has 2 aromatic carbocycles. The Labute approximate surface area is 176 Å². The number of amidine groups is 2. The van der Waals surface area contributed by atoms with E-state index in [0.29, 0.717) is 5.84 Å². The van der Waals surface area contributed by atoms with Crippen LogP contribution in [0.2, 0.25) is 0 Å². The number of rotatable bonds is 3. The summed E-state index contributed by atoms with van der Waals surface area (Å²) in [5.41, 5.74) is 1.01. The first-order valence-electron chi connectivity index (χ1n) is 10.5. The normalized spacial score (nSPS) is 23.7. The van der Waals surface area contributed by atoms with Crippen LogP contribution >= 0.6 is 0 Å². The van der Waals surface area contributed by atoms with E-state index >= 15 is 0 Å². The summed E-state index contributed by atoms with van der Waals surface area (Å²) in [4.78, 5) is 11.9. The number of hydrogen-bond donors (Lipinski definition) is 2. The van der Waals surface area contributed by atoms with Gasteiger partial charge in [0.2, 0.25) is 0 Å². The molecule has 2 aliphatic heterocycles. The van der Waals surface area contributed by atoms with Gasteiger partial charge in [0, 0.05) is 37.8 Å². The molecule has 0 saturated carbocycles. The molecular formula is C23H27N7. The molecule has 1 fully saturated rings. The molecule has 1 aromatic heterocycles. The number of fused-ring (bicyclic) bond motifs is 1. The van der Waals surface area contributed by atoms with Crippen molar-refractivity contribution in [2.45, 2.75) is 13.1 Å². The highest BCUT2D eigenvalue weighted by Gasteiger charge is 2.40. The molecule has 7 heteroatoms. The van der Waals surface area contributed by atoms with Gasteiger partial charge >= 0.3 is 0 Å². The van der Waals surface area contributed by atoms with E-state index < -0.39 is 0 Å². The smallest absolute Gasteiger partial charge is 0.144 e. The van der Waals surface area contributed by atoms with E-state index in [0.717, 1.165) is 43.4 Å². The summed E-state index contributed by atoms with van der Waals surface area (Å²) in [5.74, 6) is 2.13. The molecule has 3 aromatic rings. The largest absolute Gasteiger partial charge is 0.304 e. The summed E-state index contributed by atoms with van der Waals surface area (Å²) >= 11 is 0. The predicted octanol–water partition coefficient (Wildman–Crippen LogP) is 3.02. The minimum atomic E-state index is -0.0130. The standard InChI is InChI=1S/C23H27N7/c1-16-21(24)26-22(19-8-7-17-5-3-4-6-18(17)15-19)30(20-9-10-25-27-20)23(16)29-13-11-28(2)12-14-29/h3-10,15-16,23-24H,11-14H2,1-2H3,(H,25,27). The lowest BCUT2D eigenvalue weighted by atomic mass is 9.98. The lowest BCUT2D eigenvalue weighted by molar-refractivity contribution is 0.100. The van der Waals surface area contributed by atoms with Gasteiger partial charge in [0.25, 0.3) is 0 Å². The molecule has 30 heavy (non-hydrogen) atoms. The molecule has 0 radical (unpaired) electrons. The third-order valence-electron chi connectivity index (χ3n) is 6.26. The Morgan fingerprint density at radius 2 is 1.77 bits per heavy atom. The van der Waals surface area contributed by atoms with E-state index in [2.05, 4.69) is 81.3 Å². The Kier molecular flexibility index (Phi) is 4.84. The van der Waals surface area contributed by atoms with Crippen LogP contribution in [-0.4, -0.2) is 71.1 Å². The Balaban J connectivity index is 1.62. The van der Waals surface area contributed by atoms with Gasteiger partial charge in [-0.2, -0.15) is 5.10 Å². The van der Waals surface area contributed by atoms with Crippen LogP contribution in [0.15, 0.2) is 59.7 Å². The summed E-state index contributed by atoms with van der Waals surface area (Å²) in [6, 6.07) is 16.7. The van der Waals surface area contributed by atoms with E-state index in [4.69, 9.17) is 10.4 Å². The number of nitrogens with one attached hydrogen (secondary N) is 2. The number of piperazine rings is 1. The summed E-state index contributed by atoms with van der Waals surface area (Å²) in [6.07, 6.45) is 1.80. The topological polar surface area (TPSA) is 74.6 Å². The van der Waals surface area contributed by atoms with Crippen molar-refractivity contribution < 1.29 is 0 Å². The van der Waals surface area contributed by atoms with Gasteiger partial charge in [-0.25, -0.2) is 4.99 Å². The fourth-order valence-electron chi connectivity index (χ4n) is 4.50. The molecule has 2 unspecified atom stereocenters.